The van der Waals surface area contributed by atoms with E-state index in [1.54, 1.807) is 12.1 Å². The maximum absolute atomic E-state index is 12.9. The van der Waals surface area contributed by atoms with Crippen molar-refractivity contribution in [2.75, 3.05) is 11.4 Å². The molecular formula is C18H19FN2O. The third-order valence-corrected chi connectivity index (χ3v) is 4.15. The molecule has 0 radical (unpaired) electrons. The summed E-state index contributed by atoms with van der Waals surface area (Å²) in [5.74, 6) is -0.279. The Balaban J connectivity index is 1.62. The van der Waals surface area contributed by atoms with Gasteiger partial charge in [-0.2, -0.15) is 0 Å². The number of nitrogens with one attached hydrogen (secondary N) is 1. The topological polar surface area (TPSA) is 32.3 Å². The van der Waals surface area contributed by atoms with E-state index in [2.05, 4.69) is 22.3 Å². The first-order valence-corrected chi connectivity index (χ1v) is 7.52. The highest BCUT2D eigenvalue weighted by molar-refractivity contribution is 5.85. The van der Waals surface area contributed by atoms with Crippen LogP contribution in [0.4, 0.5) is 10.1 Å². The number of benzene rings is 2. The van der Waals surface area contributed by atoms with Crippen LogP contribution in [-0.2, 0) is 17.8 Å². The van der Waals surface area contributed by atoms with Gasteiger partial charge < -0.3 is 10.2 Å². The molecular weight excluding hydrogens is 279 g/mol. The summed E-state index contributed by atoms with van der Waals surface area (Å²) < 4.78 is 12.9. The molecule has 1 heterocycles. The normalized spacial score (nSPS) is 14.5. The van der Waals surface area contributed by atoms with Gasteiger partial charge in [-0.05, 0) is 42.7 Å². The van der Waals surface area contributed by atoms with Gasteiger partial charge in [-0.15, -0.1) is 0 Å². The predicted molar refractivity (Wildman–Crippen MR) is 85.2 cm³/mol. The number of carbonyl (C=O) groups is 1. The van der Waals surface area contributed by atoms with E-state index in [4.69, 9.17) is 0 Å². The molecule has 0 bridgehead atoms. The molecule has 0 aliphatic carbocycles. The molecule has 3 nitrogen and oxygen atoms in total. The highest BCUT2D eigenvalue weighted by Crippen LogP contribution is 2.29. The molecule has 1 aliphatic heterocycles. The van der Waals surface area contributed by atoms with Crippen LogP contribution in [0.25, 0.3) is 0 Å². The van der Waals surface area contributed by atoms with Crippen LogP contribution in [0.5, 0.6) is 0 Å². The van der Waals surface area contributed by atoms with Crippen molar-refractivity contribution >= 4 is 11.6 Å². The van der Waals surface area contributed by atoms with Gasteiger partial charge in [0, 0.05) is 18.8 Å². The van der Waals surface area contributed by atoms with Crippen LogP contribution in [0.2, 0.25) is 0 Å². The van der Waals surface area contributed by atoms with E-state index >= 15 is 0 Å². The van der Waals surface area contributed by atoms with Gasteiger partial charge >= 0.3 is 0 Å². The van der Waals surface area contributed by atoms with Crippen LogP contribution in [-0.4, -0.2) is 18.5 Å². The summed E-state index contributed by atoms with van der Waals surface area (Å²) in [4.78, 5) is 14.5. The zero-order chi connectivity index (χ0) is 15.5. The SMILES string of the molecule is C[C@H](C(=O)NCc1ccc(F)cc1)N1CCc2ccccc21. The number of nitrogens with zero attached hydrogens (tertiary/aromatic N) is 1. The lowest BCUT2D eigenvalue weighted by Crippen LogP contribution is -2.44. The lowest BCUT2D eigenvalue weighted by molar-refractivity contribution is -0.122. The molecule has 1 N–H and O–H groups in total. The molecule has 0 saturated carbocycles. The molecule has 1 atom stereocenters. The summed E-state index contributed by atoms with van der Waals surface area (Å²) in [5, 5.41) is 2.92. The van der Waals surface area contributed by atoms with Gasteiger partial charge in [0.25, 0.3) is 0 Å². The Labute approximate surface area is 129 Å². The Bertz CT molecular complexity index is 669. The number of para-hydroxylation sites is 1. The van der Waals surface area contributed by atoms with Crippen LogP contribution in [0.15, 0.2) is 48.5 Å². The van der Waals surface area contributed by atoms with Gasteiger partial charge in [0.15, 0.2) is 0 Å². The van der Waals surface area contributed by atoms with E-state index in [-0.39, 0.29) is 17.8 Å². The molecule has 2 aromatic rings. The monoisotopic (exact) mass is 298 g/mol. The largest absolute Gasteiger partial charge is 0.359 e. The number of halogens is 1. The second-order valence-electron chi connectivity index (χ2n) is 5.59. The Kier molecular flexibility index (Phi) is 4.09. The summed E-state index contributed by atoms with van der Waals surface area (Å²) >= 11 is 0. The van der Waals surface area contributed by atoms with Gasteiger partial charge in [-0.25, -0.2) is 4.39 Å². The summed E-state index contributed by atoms with van der Waals surface area (Å²) in [5.41, 5.74) is 3.33. The van der Waals surface area contributed by atoms with Crippen molar-refractivity contribution in [3.05, 3.63) is 65.5 Å². The number of anilines is 1. The molecule has 22 heavy (non-hydrogen) atoms. The highest BCUT2D eigenvalue weighted by atomic mass is 19.1. The third-order valence-electron chi connectivity index (χ3n) is 4.15. The number of carbonyl (C=O) groups excluding carboxylic acids is 1. The molecule has 0 unspecified atom stereocenters. The Morgan fingerprint density at radius 1 is 1.23 bits per heavy atom. The van der Waals surface area contributed by atoms with E-state index in [1.807, 2.05) is 19.1 Å². The molecule has 0 saturated heterocycles. The number of hydrogen-bond acceptors (Lipinski definition) is 2. The Hall–Kier alpha value is -2.36. The van der Waals surface area contributed by atoms with Gasteiger partial charge in [-0.1, -0.05) is 30.3 Å². The standard InChI is InChI=1S/C18H19FN2O/c1-13(21-11-10-15-4-2-3-5-17(15)21)18(22)20-12-14-6-8-16(19)9-7-14/h2-9,13H,10-12H2,1H3,(H,20,22)/t13-/m1/s1. The lowest BCUT2D eigenvalue weighted by atomic mass is 10.1. The summed E-state index contributed by atoms with van der Waals surface area (Å²) in [7, 11) is 0. The Morgan fingerprint density at radius 2 is 1.95 bits per heavy atom. The van der Waals surface area contributed by atoms with Gasteiger partial charge in [0.1, 0.15) is 11.9 Å². The lowest BCUT2D eigenvalue weighted by Gasteiger charge is -2.26. The fraction of sp³-hybridized carbons (Fsp3) is 0.278. The average Bonchev–Trinajstić information content (AvgIpc) is 2.97. The van der Waals surface area contributed by atoms with E-state index in [0.29, 0.717) is 6.54 Å². The first kappa shape index (κ1) is 14.6. The van der Waals surface area contributed by atoms with Gasteiger partial charge in [-0.3, -0.25) is 4.79 Å². The van der Waals surface area contributed by atoms with Crippen molar-refractivity contribution in [2.45, 2.75) is 25.9 Å². The smallest absolute Gasteiger partial charge is 0.242 e. The van der Waals surface area contributed by atoms with Crippen molar-refractivity contribution in [1.29, 1.82) is 0 Å². The van der Waals surface area contributed by atoms with Crippen molar-refractivity contribution in [2.24, 2.45) is 0 Å². The van der Waals surface area contributed by atoms with Crippen molar-refractivity contribution in [3.8, 4) is 0 Å². The third kappa shape index (κ3) is 2.96. The minimum absolute atomic E-state index is 0.0129. The summed E-state index contributed by atoms with van der Waals surface area (Å²) in [6.45, 7) is 3.20. The predicted octanol–water partition coefficient (Wildman–Crippen LogP) is 2.89. The second kappa shape index (κ2) is 6.18. The van der Waals surface area contributed by atoms with Crippen molar-refractivity contribution < 1.29 is 9.18 Å². The Morgan fingerprint density at radius 3 is 2.73 bits per heavy atom. The van der Waals surface area contributed by atoms with Gasteiger partial charge in [0.2, 0.25) is 5.91 Å². The second-order valence-corrected chi connectivity index (χ2v) is 5.59. The first-order chi connectivity index (χ1) is 10.6. The fourth-order valence-electron chi connectivity index (χ4n) is 2.85. The van der Waals surface area contributed by atoms with Crippen LogP contribution < -0.4 is 10.2 Å². The van der Waals surface area contributed by atoms with Crippen LogP contribution in [0.3, 0.4) is 0 Å². The molecule has 2 aromatic carbocycles. The van der Waals surface area contributed by atoms with Crippen LogP contribution in [0.1, 0.15) is 18.1 Å². The molecule has 114 valence electrons. The summed E-state index contributed by atoms with van der Waals surface area (Å²) in [6.07, 6.45) is 0.978. The molecule has 4 heteroatoms. The van der Waals surface area contributed by atoms with Gasteiger partial charge in [0.05, 0.1) is 0 Å². The van der Waals surface area contributed by atoms with Crippen molar-refractivity contribution in [3.63, 3.8) is 0 Å². The molecule has 0 aromatic heterocycles. The van der Waals surface area contributed by atoms with Crippen LogP contribution in [0, 0.1) is 5.82 Å². The quantitative estimate of drug-likeness (QED) is 0.941. The van der Waals surface area contributed by atoms with E-state index in [0.717, 1.165) is 24.2 Å². The number of rotatable bonds is 4. The first-order valence-electron chi connectivity index (χ1n) is 7.52. The van der Waals surface area contributed by atoms with Crippen LogP contribution >= 0.6 is 0 Å². The fourth-order valence-corrected chi connectivity index (χ4v) is 2.85. The molecule has 0 fully saturated rings. The minimum Gasteiger partial charge on any atom is -0.359 e. The number of fused-ring (bicyclic) bond motifs is 1. The molecule has 3 rings (SSSR count). The van der Waals surface area contributed by atoms with E-state index < -0.39 is 0 Å². The maximum Gasteiger partial charge on any atom is 0.242 e. The zero-order valence-electron chi connectivity index (χ0n) is 12.6. The van der Waals surface area contributed by atoms with E-state index in [1.165, 1.54) is 17.7 Å². The zero-order valence-corrected chi connectivity index (χ0v) is 12.6. The highest BCUT2D eigenvalue weighted by Gasteiger charge is 2.27. The molecule has 0 spiro atoms. The summed E-state index contributed by atoms with van der Waals surface area (Å²) in [6, 6.07) is 14.2. The molecule has 1 amide bonds. The minimum atomic E-state index is -0.267. The average molecular weight is 298 g/mol. The number of hydrogen-bond donors (Lipinski definition) is 1. The molecule has 1 aliphatic rings. The maximum atomic E-state index is 12.9. The van der Waals surface area contributed by atoms with E-state index in [9.17, 15) is 9.18 Å². The number of amides is 1. The van der Waals surface area contributed by atoms with Crippen molar-refractivity contribution in [1.82, 2.24) is 5.32 Å².